The molecule has 0 saturated carbocycles. The van der Waals surface area contributed by atoms with Crippen LogP contribution in [0.5, 0.6) is 0 Å². The molecule has 2 aliphatic rings. The molecular weight excluding hydrogens is 516 g/mol. The van der Waals surface area contributed by atoms with E-state index in [0.717, 1.165) is 11.1 Å². The van der Waals surface area contributed by atoms with E-state index >= 15 is 0 Å². The zero-order valence-electron chi connectivity index (χ0n) is 24.1. The molecule has 40 heavy (non-hydrogen) atoms. The molecule has 2 heterocycles. The Balaban J connectivity index is 1.54. The predicted octanol–water partition coefficient (Wildman–Crippen LogP) is 3.71. The molecule has 2 aromatic carbocycles. The number of rotatable bonds is 13. The van der Waals surface area contributed by atoms with Crippen molar-refractivity contribution < 1.29 is 43.0 Å². The number of benzene rings is 2. The summed E-state index contributed by atoms with van der Waals surface area (Å²) in [6, 6.07) is 19.9. The minimum Gasteiger partial charge on any atom is -0.388 e. The highest BCUT2D eigenvalue weighted by molar-refractivity contribution is 5.14. The van der Waals surface area contributed by atoms with Gasteiger partial charge in [0, 0.05) is 27.2 Å². The molecule has 4 rings (SSSR count). The van der Waals surface area contributed by atoms with Gasteiger partial charge in [0.25, 0.3) is 0 Å². The first-order valence-electron chi connectivity index (χ1n) is 14.0. The molecule has 0 aromatic heterocycles. The van der Waals surface area contributed by atoms with Crippen molar-refractivity contribution in [1.29, 1.82) is 0 Å². The standard InChI is InChI=1S/C31H44O9/c1-6-23-25(32)28(33-3)29(34-4)31(38-23)40-26-20(2)27(37-18-22-15-11-8-12-16-22)30(35-5)39-24(26)19-36-17-21-13-9-7-10-14-21/h7-16,20,23-32H,6,17-19H2,1-5H3/t20?,23?,24-,25+,26-,27?,28+,29?,30-,31-/m0/s1. The van der Waals surface area contributed by atoms with Gasteiger partial charge in [0.2, 0.25) is 0 Å². The van der Waals surface area contributed by atoms with Gasteiger partial charge in [-0.3, -0.25) is 0 Å². The Kier molecular flexibility index (Phi) is 11.9. The number of methoxy groups -OCH3 is 3. The van der Waals surface area contributed by atoms with Gasteiger partial charge < -0.3 is 43.0 Å². The van der Waals surface area contributed by atoms with Crippen LogP contribution in [0.2, 0.25) is 0 Å². The first-order valence-corrected chi connectivity index (χ1v) is 14.0. The van der Waals surface area contributed by atoms with Gasteiger partial charge in [-0.05, 0) is 17.5 Å². The lowest BCUT2D eigenvalue weighted by atomic mass is 9.89. The third-order valence-corrected chi connectivity index (χ3v) is 7.75. The van der Waals surface area contributed by atoms with E-state index in [-0.39, 0.29) is 12.5 Å². The summed E-state index contributed by atoms with van der Waals surface area (Å²) in [5.74, 6) is -0.165. The van der Waals surface area contributed by atoms with E-state index in [1.54, 1.807) is 21.3 Å². The van der Waals surface area contributed by atoms with Gasteiger partial charge >= 0.3 is 0 Å². The van der Waals surface area contributed by atoms with Crippen molar-refractivity contribution in [1.82, 2.24) is 0 Å². The van der Waals surface area contributed by atoms with E-state index in [2.05, 4.69) is 6.92 Å². The monoisotopic (exact) mass is 560 g/mol. The van der Waals surface area contributed by atoms with Crippen molar-refractivity contribution in [3.8, 4) is 0 Å². The van der Waals surface area contributed by atoms with Crippen molar-refractivity contribution in [3.63, 3.8) is 0 Å². The van der Waals surface area contributed by atoms with Crippen LogP contribution in [0.1, 0.15) is 31.4 Å². The number of ether oxygens (including phenoxy) is 8. The van der Waals surface area contributed by atoms with Gasteiger partial charge in [-0.15, -0.1) is 0 Å². The molecule has 10 atom stereocenters. The molecule has 9 heteroatoms. The number of aliphatic hydroxyl groups excluding tert-OH is 1. The molecule has 0 amide bonds. The second kappa shape index (κ2) is 15.3. The fourth-order valence-electron chi connectivity index (χ4n) is 5.51. The quantitative estimate of drug-likeness (QED) is 0.394. The molecule has 222 valence electrons. The lowest BCUT2D eigenvalue weighted by Gasteiger charge is -2.48. The highest BCUT2D eigenvalue weighted by Crippen LogP contribution is 2.36. The van der Waals surface area contributed by atoms with Gasteiger partial charge in [-0.2, -0.15) is 0 Å². The molecule has 2 saturated heterocycles. The lowest BCUT2D eigenvalue weighted by Crippen LogP contribution is -2.63. The minimum absolute atomic E-state index is 0.165. The number of hydrogen-bond acceptors (Lipinski definition) is 9. The molecular formula is C31H44O9. The van der Waals surface area contributed by atoms with E-state index in [4.69, 9.17) is 37.9 Å². The average Bonchev–Trinajstić information content (AvgIpc) is 2.99. The first-order chi connectivity index (χ1) is 19.5. The zero-order valence-corrected chi connectivity index (χ0v) is 24.1. The van der Waals surface area contributed by atoms with Crippen LogP contribution < -0.4 is 0 Å². The summed E-state index contributed by atoms with van der Waals surface area (Å²) in [7, 11) is 4.72. The van der Waals surface area contributed by atoms with Gasteiger partial charge in [0.05, 0.1) is 32.0 Å². The zero-order chi connectivity index (χ0) is 28.5. The van der Waals surface area contributed by atoms with E-state index < -0.39 is 55.3 Å². The Morgan fingerprint density at radius 2 is 1.30 bits per heavy atom. The maximum Gasteiger partial charge on any atom is 0.187 e. The van der Waals surface area contributed by atoms with Crippen molar-refractivity contribution in [2.24, 2.45) is 5.92 Å². The van der Waals surface area contributed by atoms with Crippen LogP contribution in [0.4, 0.5) is 0 Å². The largest absolute Gasteiger partial charge is 0.388 e. The van der Waals surface area contributed by atoms with Crippen LogP contribution >= 0.6 is 0 Å². The van der Waals surface area contributed by atoms with Gasteiger partial charge in [0.1, 0.15) is 30.5 Å². The van der Waals surface area contributed by atoms with Crippen LogP contribution in [0.25, 0.3) is 0 Å². The van der Waals surface area contributed by atoms with Gasteiger partial charge in [-0.25, -0.2) is 0 Å². The van der Waals surface area contributed by atoms with E-state index in [1.807, 2.05) is 67.6 Å². The molecule has 0 aliphatic carbocycles. The third kappa shape index (κ3) is 7.47. The van der Waals surface area contributed by atoms with Crippen LogP contribution in [-0.4, -0.2) is 88.4 Å². The van der Waals surface area contributed by atoms with Crippen LogP contribution in [0.3, 0.4) is 0 Å². The Morgan fingerprint density at radius 1 is 0.700 bits per heavy atom. The number of aliphatic hydroxyl groups is 1. The predicted molar refractivity (Wildman–Crippen MR) is 147 cm³/mol. The summed E-state index contributed by atoms with van der Waals surface area (Å²) in [6.45, 7) is 5.12. The fraction of sp³-hybridized carbons (Fsp3) is 0.613. The third-order valence-electron chi connectivity index (χ3n) is 7.75. The highest BCUT2D eigenvalue weighted by atomic mass is 16.7. The summed E-state index contributed by atoms with van der Waals surface area (Å²) < 4.78 is 48.9. The highest BCUT2D eigenvalue weighted by Gasteiger charge is 2.51. The summed E-state index contributed by atoms with van der Waals surface area (Å²) in [6.07, 6.45) is -4.79. The van der Waals surface area contributed by atoms with E-state index in [1.165, 1.54) is 0 Å². The normalized spacial score (nSPS) is 34.5. The maximum absolute atomic E-state index is 10.8. The lowest BCUT2D eigenvalue weighted by molar-refractivity contribution is -0.356. The molecule has 1 N–H and O–H groups in total. The summed E-state index contributed by atoms with van der Waals surface area (Å²) >= 11 is 0. The summed E-state index contributed by atoms with van der Waals surface area (Å²) in [4.78, 5) is 0. The van der Waals surface area contributed by atoms with Crippen molar-refractivity contribution in [3.05, 3.63) is 71.8 Å². The van der Waals surface area contributed by atoms with Crippen LogP contribution in [0, 0.1) is 5.92 Å². The SMILES string of the molecule is CCC1O[C@@H](O[C@H]2C(C)C(OCc3ccccc3)[C@@H](OC)O[C@H]2COCc2ccccc2)C(OC)[C@H](OC)[C@@H]1O. The number of hydrogen-bond donors (Lipinski definition) is 1. The first kappa shape index (κ1) is 31.0. The van der Waals surface area contributed by atoms with Gasteiger partial charge in [0.15, 0.2) is 12.6 Å². The van der Waals surface area contributed by atoms with Crippen molar-refractivity contribution in [2.45, 2.75) is 88.8 Å². The Labute approximate surface area is 237 Å². The van der Waals surface area contributed by atoms with Crippen molar-refractivity contribution >= 4 is 0 Å². The topological polar surface area (TPSA) is 94.1 Å². The molecule has 0 bridgehead atoms. The Morgan fingerprint density at radius 3 is 1.88 bits per heavy atom. The molecule has 0 radical (unpaired) electrons. The fourth-order valence-corrected chi connectivity index (χ4v) is 5.51. The van der Waals surface area contributed by atoms with E-state index in [9.17, 15) is 5.11 Å². The second-order valence-electron chi connectivity index (χ2n) is 10.3. The Hall–Kier alpha value is -1.92. The average molecular weight is 561 g/mol. The molecule has 2 aromatic rings. The summed E-state index contributed by atoms with van der Waals surface area (Å²) in [5, 5.41) is 10.8. The maximum atomic E-state index is 10.8. The minimum atomic E-state index is -0.843. The molecule has 2 aliphatic heterocycles. The molecule has 4 unspecified atom stereocenters. The summed E-state index contributed by atoms with van der Waals surface area (Å²) in [5.41, 5.74) is 2.11. The second-order valence-corrected chi connectivity index (χ2v) is 10.3. The molecule has 0 spiro atoms. The van der Waals surface area contributed by atoms with Gasteiger partial charge in [-0.1, -0.05) is 74.5 Å². The molecule has 9 nitrogen and oxygen atoms in total. The Bertz CT molecular complexity index is 975. The molecule has 2 fully saturated rings. The van der Waals surface area contributed by atoms with E-state index in [0.29, 0.717) is 19.6 Å². The smallest absolute Gasteiger partial charge is 0.187 e. The van der Waals surface area contributed by atoms with Crippen LogP contribution in [0.15, 0.2) is 60.7 Å². The van der Waals surface area contributed by atoms with Crippen LogP contribution in [-0.2, 0) is 51.1 Å². The van der Waals surface area contributed by atoms with Crippen molar-refractivity contribution in [2.75, 3.05) is 27.9 Å².